The maximum atomic E-state index is 12.1. The molecule has 0 spiro atoms. The molecule has 0 radical (unpaired) electrons. The number of hydrogen-bond acceptors (Lipinski definition) is 5. The summed E-state index contributed by atoms with van der Waals surface area (Å²) in [6.07, 6.45) is 0.536. The van der Waals surface area contributed by atoms with Crippen molar-refractivity contribution in [3.63, 3.8) is 0 Å². The second-order valence-corrected chi connectivity index (χ2v) is 9.34. The van der Waals surface area contributed by atoms with Gasteiger partial charge in [0.05, 0.1) is 21.7 Å². The van der Waals surface area contributed by atoms with Crippen LogP contribution in [0.15, 0.2) is 42.0 Å². The number of nitrogens with zero attached hydrogens (tertiary/aromatic N) is 1. The number of fused-ring (bicyclic) bond motifs is 2. The third-order valence-corrected chi connectivity index (χ3v) is 6.59. The molecule has 2 aliphatic heterocycles. The SMILES string of the molecule is CC(=O)N1C[C@H]2CC(c3ccc(OCCOc4c(Cl)cc(C)cc4Cl)cc3)=C(C(=O)O)[C@@H](C1)N2. The number of piperazine rings is 1. The van der Waals surface area contributed by atoms with Crippen LogP contribution < -0.4 is 14.8 Å². The minimum Gasteiger partial charge on any atom is -0.490 e. The molecule has 0 unspecified atom stereocenters. The van der Waals surface area contributed by atoms with Crippen LogP contribution in [0.1, 0.15) is 24.5 Å². The fourth-order valence-electron chi connectivity index (χ4n) is 4.50. The van der Waals surface area contributed by atoms with Crippen molar-refractivity contribution in [1.82, 2.24) is 10.2 Å². The molecule has 2 aliphatic rings. The van der Waals surface area contributed by atoms with Crippen LogP contribution in [0.5, 0.6) is 11.5 Å². The van der Waals surface area contributed by atoms with Gasteiger partial charge in [-0.2, -0.15) is 0 Å². The zero-order valence-corrected chi connectivity index (χ0v) is 20.4. The standard InChI is InChI=1S/C25H26Cl2N2O5/c1-14-9-20(26)24(21(27)10-14)34-8-7-33-18-5-3-16(4-6-18)19-11-17-12-29(15(2)30)13-22(28-17)23(19)25(31)32/h3-6,9-10,17,22,28H,7-8,11-13H2,1-2H3,(H,31,32)/t17-,22-/m1/s1. The van der Waals surface area contributed by atoms with Crippen molar-refractivity contribution in [2.75, 3.05) is 26.3 Å². The van der Waals surface area contributed by atoms with Crippen LogP contribution in [0.25, 0.3) is 5.57 Å². The molecular formula is C25H26Cl2N2O5. The van der Waals surface area contributed by atoms with Gasteiger partial charge in [0, 0.05) is 26.1 Å². The lowest BCUT2D eigenvalue weighted by Crippen LogP contribution is -2.61. The number of rotatable bonds is 7. The van der Waals surface area contributed by atoms with E-state index in [1.807, 2.05) is 31.2 Å². The first-order chi connectivity index (χ1) is 16.2. The fourth-order valence-corrected chi connectivity index (χ4v) is 5.21. The molecule has 1 saturated heterocycles. The van der Waals surface area contributed by atoms with Crippen LogP contribution in [-0.4, -0.2) is 60.3 Å². The summed E-state index contributed by atoms with van der Waals surface area (Å²) >= 11 is 12.4. The van der Waals surface area contributed by atoms with Gasteiger partial charge in [0.15, 0.2) is 5.75 Å². The number of benzene rings is 2. The number of carbonyl (C=O) groups excluding carboxylic acids is 1. The second-order valence-electron chi connectivity index (χ2n) is 8.52. The van der Waals surface area contributed by atoms with E-state index in [1.54, 1.807) is 17.0 Å². The first kappa shape index (κ1) is 24.4. The van der Waals surface area contributed by atoms with Crippen LogP contribution in [0.3, 0.4) is 0 Å². The van der Waals surface area contributed by atoms with Gasteiger partial charge in [0.2, 0.25) is 5.91 Å². The Bertz CT molecular complexity index is 1110. The van der Waals surface area contributed by atoms with Gasteiger partial charge in [-0.25, -0.2) is 4.79 Å². The van der Waals surface area contributed by atoms with Crippen LogP contribution in [-0.2, 0) is 9.59 Å². The highest BCUT2D eigenvalue weighted by Crippen LogP contribution is 2.35. The number of nitrogens with one attached hydrogen (secondary N) is 1. The zero-order valence-electron chi connectivity index (χ0n) is 18.9. The number of hydrogen-bond donors (Lipinski definition) is 2. The number of aliphatic carboxylic acids is 1. The van der Waals surface area contributed by atoms with Crippen molar-refractivity contribution >= 4 is 40.7 Å². The first-order valence-corrected chi connectivity index (χ1v) is 11.8. The van der Waals surface area contributed by atoms with E-state index in [-0.39, 0.29) is 25.2 Å². The van der Waals surface area contributed by atoms with Gasteiger partial charge in [0.1, 0.15) is 19.0 Å². The Morgan fingerprint density at radius 3 is 2.35 bits per heavy atom. The average Bonchev–Trinajstić information content (AvgIpc) is 2.77. The molecule has 0 aliphatic carbocycles. The lowest BCUT2D eigenvalue weighted by molar-refractivity contribution is -0.135. The molecule has 2 aromatic rings. The Kier molecular flexibility index (Phi) is 7.36. The van der Waals surface area contributed by atoms with Crippen molar-refractivity contribution in [3.8, 4) is 11.5 Å². The van der Waals surface area contributed by atoms with Crippen LogP contribution >= 0.6 is 23.2 Å². The molecular weight excluding hydrogens is 479 g/mol. The molecule has 2 heterocycles. The molecule has 0 saturated carbocycles. The fraction of sp³-hybridized carbons (Fsp3) is 0.360. The molecule has 1 amide bonds. The molecule has 2 atom stereocenters. The summed E-state index contributed by atoms with van der Waals surface area (Å²) in [6, 6.07) is 10.6. The van der Waals surface area contributed by atoms with E-state index in [0.29, 0.717) is 46.6 Å². The molecule has 4 rings (SSSR count). The lowest BCUT2D eigenvalue weighted by atomic mass is 9.83. The van der Waals surface area contributed by atoms with Gasteiger partial charge in [-0.1, -0.05) is 35.3 Å². The Morgan fingerprint density at radius 2 is 1.74 bits per heavy atom. The minimum absolute atomic E-state index is 0.0225. The largest absolute Gasteiger partial charge is 0.490 e. The van der Waals surface area contributed by atoms with Gasteiger partial charge in [-0.15, -0.1) is 0 Å². The highest BCUT2D eigenvalue weighted by molar-refractivity contribution is 6.37. The van der Waals surface area contributed by atoms with Gasteiger partial charge >= 0.3 is 5.97 Å². The summed E-state index contributed by atoms with van der Waals surface area (Å²) < 4.78 is 11.4. The van der Waals surface area contributed by atoms with E-state index in [9.17, 15) is 14.7 Å². The second kappa shape index (κ2) is 10.3. The number of halogens is 2. The normalized spacial score (nSPS) is 19.7. The molecule has 34 heavy (non-hydrogen) atoms. The van der Waals surface area contributed by atoms with Gasteiger partial charge in [0.25, 0.3) is 0 Å². The predicted molar refractivity (Wildman–Crippen MR) is 131 cm³/mol. The number of carboxylic acids is 1. The molecule has 0 aromatic heterocycles. The highest BCUT2D eigenvalue weighted by atomic mass is 35.5. The first-order valence-electron chi connectivity index (χ1n) is 11.0. The van der Waals surface area contributed by atoms with Gasteiger partial charge < -0.3 is 24.8 Å². The monoisotopic (exact) mass is 504 g/mol. The van der Waals surface area contributed by atoms with Gasteiger partial charge in [-0.05, 0) is 54.3 Å². The summed E-state index contributed by atoms with van der Waals surface area (Å²) in [7, 11) is 0. The third kappa shape index (κ3) is 5.32. The maximum Gasteiger partial charge on any atom is 0.333 e. The predicted octanol–water partition coefficient (Wildman–Crippen LogP) is 4.19. The summed E-state index contributed by atoms with van der Waals surface area (Å²) in [5.41, 5.74) is 2.90. The summed E-state index contributed by atoms with van der Waals surface area (Å²) in [4.78, 5) is 25.6. The number of carbonyl (C=O) groups is 2. The van der Waals surface area contributed by atoms with Crippen molar-refractivity contribution in [3.05, 3.63) is 63.1 Å². The number of amides is 1. The molecule has 7 nitrogen and oxygen atoms in total. The van der Waals surface area contributed by atoms with Gasteiger partial charge in [-0.3, -0.25) is 4.79 Å². The van der Waals surface area contributed by atoms with E-state index in [2.05, 4.69) is 5.32 Å². The molecule has 180 valence electrons. The number of ether oxygens (including phenoxy) is 2. The Hall–Kier alpha value is -2.74. The van der Waals surface area contributed by atoms with E-state index in [4.69, 9.17) is 32.7 Å². The third-order valence-electron chi connectivity index (χ3n) is 6.02. The van der Waals surface area contributed by atoms with E-state index in [1.165, 1.54) is 6.92 Å². The van der Waals surface area contributed by atoms with Crippen molar-refractivity contribution in [2.24, 2.45) is 0 Å². The molecule has 2 N–H and O–H groups in total. The van der Waals surface area contributed by atoms with E-state index < -0.39 is 12.0 Å². The Morgan fingerprint density at radius 1 is 1.09 bits per heavy atom. The van der Waals surface area contributed by atoms with Crippen LogP contribution in [0.2, 0.25) is 10.0 Å². The number of carboxylic acid groups (broad SMARTS) is 1. The molecule has 1 fully saturated rings. The Labute approximate surface area is 208 Å². The summed E-state index contributed by atoms with van der Waals surface area (Å²) in [5, 5.41) is 14.2. The minimum atomic E-state index is -0.970. The topological polar surface area (TPSA) is 88.1 Å². The summed E-state index contributed by atoms with van der Waals surface area (Å²) in [6.45, 7) is 4.89. The van der Waals surface area contributed by atoms with Crippen molar-refractivity contribution in [1.29, 1.82) is 0 Å². The lowest BCUT2D eigenvalue weighted by Gasteiger charge is -2.43. The summed E-state index contributed by atoms with van der Waals surface area (Å²) in [5.74, 6) is 0.0629. The van der Waals surface area contributed by atoms with E-state index >= 15 is 0 Å². The average molecular weight is 505 g/mol. The quantitative estimate of drug-likeness (QED) is 0.549. The maximum absolute atomic E-state index is 12.1. The zero-order chi connectivity index (χ0) is 24.4. The molecule has 2 aromatic carbocycles. The van der Waals surface area contributed by atoms with Crippen LogP contribution in [0, 0.1) is 6.92 Å². The smallest absolute Gasteiger partial charge is 0.333 e. The highest BCUT2D eigenvalue weighted by Gasteiger charge is 2.39. The molecule has 2 bridgehead atoms. The Balaban J connectivity index is 1.41. The van der Waals surface area contributed by atoms with Crippen molar-refractivity contribution in [2.45, 2.75) is 32.4 Å². The van der Waals surface area contributed by atoms with Crippen molar-refractivity contribution < 1.29 is 24.2 Å². The van der Waals surface area contributed by atoms with Crippen LogP contribution in [0.4, 0.5) is 0 Å². The van der Waals surface area contributed by atoms with E-state index in [0.717, 1.165) is 16.7 Å². The molecule has 9 heteroatoms. The number of aryl methyl sites for hydroxylation is 1.